The SMILES string of the molecule is Cc1ccc(NC(=O)CCC(=O)NNC(=O)C2CCCCC2C(=O)O)cc1C. The van der Waals surface area contributed by atoms with Gasteiger partial charge in [0.2, 0.25) is 17.7 Å². The second-order valence-electron chi connectivity index (χ2n) is 7.22. The van der Waals surface area contributed by atoms with E-state index in [1.54, 1.807) is 6.07 Å². The Balaban J connectivity index is 1.74. The first-order valence-electron chi connectivity index (χ1n) is 9.46. The molecule has 2 atom stereocenters. The van der Waals surface area contributed by atoms with E-state index in [9.17, 15) is 24.3 Å². The Morgan fingerprint density at radius 3 is 2.21 bits per heavy atom. The van der Waals surface area contributed by atoms with E-state index in [-0.39, 0.29) is 18.7 Å². The third-order valence-electron chi connectivity index (χ3n) is 5.11. The van der Waals surface area contributed by atoms with Gasteiger partial charge < -0.3 is 10.4 Å². The number of rotatable bonds is 6. The third kappa shape index (κ3) is 6.07. The predicted octanol–water partition coefficient (Wildman–Crippen LogP) is 2.06. The van der Waals surface area contributed by atoms with Crippen LogP contribution in [-0.2, 0) is 19.2 Å². The number of anilines is 1. The molecule has 0 saturated heterocycles. The molecule has 0 spiro atoms. The minimum Gasteiger partial charge on any atom is -0.481 e. The van der Waals surface area contributed by atoms with Crippen LogP contribution >= 0.6 is 0 Å². The maximum Gasteiger partial charge on any atom is 0.307 e. The molecule has 1 aromatic carbocycles. The lowest BCUT2D eigenvalue weighted by atomic mass is 9.79. The second kappa shape index (κ2) is 9.87. The molecule has 4 N–H and O–H groups in total. The fourth-order valence-corrected chi connectivity index (χ4v) is 3.30. The quantitative estimate of drug-likeness (QED) is 0.554. The number of carboxylic acids is 1. The number of hydrogen-bond donors (Lipinski definition) is 4. The number of carboxylic acid groups (broad SMARTS) is 1. The van der Waals surface area contributed by atoms with Crippen LogP contribution in [0.2, 0.25) is 0 Å². The molecule has 0 heterocycles. The van der Waals surface area contributed by atoms with Gasteiger partial charge in [-0.05, 0) is 49.9 Å². The highest BCUT2D eigenvalue weighted by molar-refractivity contribution is 5.93. The molecule has 3 amide bonds. The van der Waals surface area contributed by atoms with Crippen LogP contribution in [0.25, 0.3) is 0 Å². The molecule has 1 saturated carbocycles. The molecule has 0 aliphatic heterocycles. The van der Waals surface area contributed by atoms with Gasteiger partial charge in [-0.25, -0.2) is 0 Å². The zero-order valence-electron chi connectivity index (χ0n) is 16.2. The van der Waals surface area contributed by atoms with E-state index in [0.717, 1.165) is 24.0 Å². The van der Waals surface area contributed by atoms with E-state index >= 15 is 0 Å². The Kier molecular flexibility index (Phi) is 7.54. The Labute approximate surface area is 164 Å². The highest BCUT2D eigenvalue weighted by Gasteiger charge is 2.35. The Morgan fingerprint density at radius 2 is 1.57 bits per heavy atom. The van der Waals surface area contributed by atoms with Crippen molar-refractivity contribution in [2.75, 3.05) is 5.32 Å². The number of aliphatic carboxylic acids is 1. The van der Waals surface area contributed by atoms with Crippen molar-refractivity contribution in [2.24, 2.45) is 11.8 Å². The van der Waals surface area contributed by atoms with Crippen molar-refractivity contribution in [2.45, 2.75) is 52.4 Å². The second-order valence-corrected chi connectivity index (χ2v) is 7.22. The molecule has 28 heavy (non-hydrogen) atoms. The van der Waals surface area contributed by atoms with Crippen LogP contribution in [0.15, 0.2) is 18.2 Å². The van der Waals surface area contributed by atoms with Gasteiger partial charge in [0.05, 0.1) is 11.8 Å². The van der Waals surface area contributed by atoms with Gasteiger partial charge in [-0.1, -0.05) is 18.9 Å². The van der Waals surface area contributed by atoms with Gasteiger partial charge in [0, 0.05) is 18.5 Å². The summed E-state index contributed by atoms with van der Waals surface area (Å²) in [6.07, 6.45) is 2.38. The number of aryl methyl sites for hydroxylation is 2. The van der Waals surface area contributed by atoms with Crippen molar-refractivity contribution >= 4 is 29.4 Å². The van der Waals surface area contributed by atoms with E-state index in [4.69, 9.17) is 0 Å². The van der Waals surface area contributed by atoms with Crippen molar-refractivity contribution in [3.05, 3.63) is 29.3 Å². The summed E-state index contributed by atoms with van der Waals surface area (Å²) in [6.45, 7) is 3.92. The van der Waals surface area contributed by atoms with Gasteiger partial charge in [0.25, 0.3) is 0 Å². The number of hydrazine groups is 1. The van der Waals surface area contributed by atoms with E-state index in [2.05, 4.69) is 16.2 Å². The summed E-state index contributed by atoms with van der Waals surface area (Å²) in [5.74, 6) is -3.68. The van der Waals surface area contributed by atoms with E-state index < -0.39 is 29.6 Å². The number of carbonyl (C=O) groups excluding carboxylic acids is 3. The first kappa shape index (κ1) is 21.4. The van der Waals surface area contributed by atoms with Crippen molar-refractivity contribution in [3.8, 4) is 0 Å². The van der Waals surface area contributed by atoms with Crippen LogP contribution in [0, 0.1) is 25.7 Å². The van der Waals surface area contributed by atoms with Crippen molar-refractivity contribution in [1.29, 1.82) is 0 Å². The highest BCUT2D eigenvalue weighted by atomic mass is 16.4. The molecule has 1 fully saturated rings. The molecule has 1 aliphatic rings. The van der Waals surface area contributed by atoms with Crippen LogP contribution in [0.3, 0.4) is 0 Å². The summed E-state index contributed by atoms with van der Waals surface area (Å²) in [5, 5.41) is 12.0. The third-order valence-corrected chi connectivity index (χ3v) is 5.11. The number of carbonyl (C=O) groups is 4. The summed E-state index contributed by atoms with van der Waals surface area (Å²) >= 11 is 0. The van der Waals surface area contributed by atoms with Crippen LogP contribution < -0.4 is 16.2 Å². The van der Waals surface area contributed by atoms with Gasteiger partial charge in [0.1, 0.15) is 0 Å². The minimum absolute atomic E-state index is 0.0319. The van der Waals surface area contributed by atoms with Gasteiger partial charge in [-0.3, -0.25) is 30.0 Å². The van der Waals surface area contributed by atoms with Crippen LogP contribution in [-0.4, -0.2) is 28.8 Å². The Hall–Kier alpha value is -2.90. The molecule has 8 nitrogen and oxygen atoms in total. The first-order chi connectivity index (χ1) is 13.3. The number of amides is 3. The fourth-order valence-electron chi connectivity index (χ4n) is 3.30. The monoisotopic (exact) mass is 389 g/mol. The fraction of sp³-hybridized carbons (Fsp3) is 0.500. The lowest BCUT2D eigenvalue weighted by Crippen LogP contribution is -2.48. The number of benzene rings is 1. The lowest BCUT2D eigenvalue weighted by molar-refractivity contribution is -0.149. The summed E-state index contributed by atoms with van der Waals surface area (Å²) in [5.41, 5.74) is 7.40. The average Bonchev–Trinajstić information content (AvgIpc) is 2.67. The summed E-state index contributed by atoms with van der Waals surface area (Å²) in [4.78, 5) is 47.3. The van der Waals surface area contributed by atoms with Gasteiger partial charge >= 0.3 is 5.97 Å². The van der Waals surface area contributed by atoms with Gasteiger partial charge in [-0.15, -0.1) is 0 Å². The number of nitrogens with one attached hydrogen (secondary N) is 3. The Morgan fingerprint density at radius 1 is 0.929 bits per heavy atom. The molecule has 152 valence electrons. The molecular formula is C20H27N3O5. The lowest BCUT2D eigenvalue weighted by Gasteiger charge is -2.27. The summed E-state index contributed by atoms with van der Waals surface area (Å²) in [7, 11) is 0. The van der Waals surface area contributed by atoms with Gasteiger partial charge in [-0.2, -0.15) is 0 Å². The normalized spacial score (nSPS) is 18.8. The predicted molar refractivity (Wildman–Crippen MR) is 103 cm³/mol. The molecular weight excluding hydrogens is 362 g/mol. The zero-order chi connectivity index (χ0) is 20.7. The highest BCUT2D eigenvalue weighted by Crippen LogP contribution is 2.30. The standard InChI is InChI=1S/C20H27N3O5/c1-12-7-8-14(11-13(12)2)21-17(24)9-10-18(25)22-23-19(26)15-5-3-4-6-16(15)20(27)28/h7-8,11,15-16H,3-6,9-10H2,1-2H3,(H,21,24)(H,22,25)(H,23,26)(H,27,28). The summed E-state index contributed by atoms with van der Waals surface area (Å²) in [6, 6.07) is 5.56. The summed E-state index contributed by atoms with van der Waals surface area (Å²) < 4.78 is 0. The first-order valence-corrected chi connectivity index (χ1v) is 9.46. The van der Waals surface area contributed by atoms with Gasteiger partial charge in [0.15, 0.2) is 0 Å². The zero-order valence-corrected chi connectivity index (χ0v) is 16.2. The molecule has 0 radical (unpaired) electrons. The van der Waals surface area contributed by atoms with E-state index in [1.165, 1.54) is 0 Å². The average molecular weight is 389 g/mol. The minimum atomic E-state index is -0.991. The smallest absolute Gasteiger partial charge is 0.307 e. The molecule has 8 heteroatoms. The molecule has 1 aliphatic carbocycles. The molecule has 2 unspecified atom stereocenters. The number of hydrogen-bond acceptors (Lipinski definition) is 4. The Bertz CT molecular complexity index is 762. The van der Waals surface area contributed by atoms with Crippen LogP contribution in [0.4, 0.5) is 5.69 Å². The molecule has 2 rings (SSSR count). The van der Waals surface area contributed by atoms with E-state index in [0.29, 0.717) is 18.5 Å². The largest absolute Gasteiger partial charge is 0.481 e. The van der Waals surface area contributed by atoms with Crippen molar-refractivity contribution in [1.82, 2.24) is 10.9 Å². The maximum atomic E-state index is 12.2. The molecule has 0 bridgehead atoms. The van der Waals surface area contributed by atoms with E-state index in [1.807, 2.05) is 26.0 Å². The van der Waals surface area contributed by atoms with Crippen molar-refractivity contribution in [3.63, 3.8) is 0 Å². The topological polar surface area (TPSA) is 125 Å². The maximum absolute atomic E-state index is 12.2. The van der Waals surface area contributed by atoms with Crippen LogP contribution in [0.1, 0.15) is 49.7 Å². The molecule has 0 aromatic heterocycles. The van der Waals surface area contributed by atoms with Crippen molar-refractivity contribution < 1.29 is 24.3 Å². The van der Waals surface area contributed by atoms with Crippen LogP contribution in [0.5, 0.6) is 0 Å². The molecule has 1 aromatic rings.